The summed E-state index contributed by atoms with van der Waals surface area (Å²) in [5, 5.41) is 18.3. The van der Waals surface area contributed by atoms with Crippen LogP contribution in [0, 0.1) is 0 Å². The summed E-state index contributed by atoms with van der Waals surface area (Å²) in [6, 6.07) is 10.3. The summed E-state index contributed by atoms with van der Waals surface area (Å²) >= 11 is 0. The fourth-order valence-electron chi connectivity index (χ4n) is 1.84. The Bertz CT molecular complexity index is 273. The van der Waals surface area contributed by atoms with E-state index in [-0.39, 0.29) is 19.3 Å². The molecule has 3 heteroatoms. The highest BCUT2D eigenvalue weighted by molar-refractivity contribution is 5.14. The van der Waals surface area contributed by atoms with Gasteiger partial charge in [0.05, 0.1) is 13.2 Å². The zero-order valence-corrected chi connectivity index (χ0v) is 9.84. The fraction of sp³-hybridized carbons (Fsp3) is 0.538. The molecule has 2 N–H and O–H groups in total. The second kappa shape index (κ2) is 7.39. The summed E-state index contributed by atoms with van der Waals surface area (Å²) in [6.45, 7) is 3.71. The number of rotatable bonds is 7. The minimum atomic E-state index is 0.128. The minimum absolute atomic E-state index is 0.128. The van der Waals surface area contributed by atoms with E-state index >= 15 is 0 Å². The Balaban J connectivity index is 2.63. The number of hydrogen-bond acceptors (Lipinski definition) is 3. The molecule has 0 spiro atoms. The zero-order chi connectivity index (χ0) is 11.8. The fourth-order valence-corrected chi connectivity index (χ4v) is 1.84. The van der Waals surface area contributed by atoms with Crippen molar-refractivity contribution in [2.45, 2.75) is 25.9 Å². The molecule has 0 bridgehead atoms. The van der Waals surface area contributed by atoms with Crippen molar-refractivity contribution in [1.82, 2.24) is 4.90 Å². The molecule has 0 unspecified atom stereocenters. The number of nitrogens with zero attached hydrogens (tertiary/aromatic N) is 1. The van der Waals surface area contributed by atoms with E-state index in [0.717, 1.165) is 13.0 Å². The van der Waals surface area contributed by atoms with Crippen molar-refractivity contribution in [3.63, 3.8) is 0 Å². The molecule has 0 aliphatic carbocycles. The van der Waals surface area contributed by atoms with Crippen LogP contribution in [0.4, 0.5) is 0 Å². The van der Waals surface area contributed by atoms with Crippen molar-refractivity contribution in [2.24, 2.45) is 0 Å². The van der Waals surface area contributed by atoms with Gasteiger partial charge in [-0.25, -0.2) is 0 Å². The Morgan fingerprint density at radius 1 is 1.19 bits per heavy atom. The lowest BCUT2D eigenvalue weighted by molar-refractivity contribution is 0.0930. The van der Waals surface area contributed by atoms with Gasteiger partial charge in [0.25, 0.3) is 0 Å². The third-order valence-corrected chi connectivity index (χ3v) is 2.81. The van der Waals surface area contributed by atoms with Crippen LogP contribution in [0.3, 0.4) is 0 Å². The van der Waals surface area contributed by atoms with Crippen molar-refractivity contribution in [3.8, 4) is 0 Å². The topological polar surface area (TPSA) is 43.7 Å². The van der Waals surface area contributed by atoms with Crippen LogP contribution >= 0.6 is 0 Å². The first-order valence-electron chi connectivity index (χ1n) is 5.81. The Morgan fingerprint density at radius 2 is 1.88 bits per heavy atom. The van der Waals surface area contributed by atoms with Crippen LogP contribution < -0.4 is 0 Å². The largest absolute Gasteiger partial charge is 0.395 e. The Labute approximate surface area is 97.3 Å². The molecule has 0 aliphatic rings. The lowest BCUT2D eigenvalue weighted by atomic mass is 10.1. The average Bonchev–Trinajstić information content (AvgIpc) is 2.32. The predicted molar refractivity (Wildman–Crippen MR) is 65.1 cm³/mol. The first-order chi connectivity index (χ1) is 7.81. The van der Waals surface area contributed by atoms with Gasteiger partial charge in [-0.05, 0) is 12.0 Å². The van der Waals surface area contributed by atoms with Gasteiger partial charge < -0.3 is 10.2 Å². The third-order valence-electron chi connectivity index (χ3n) is 2.81. The lowest BCUT2D eigenvalue weighted by Crippen LogP contribution is -2.38. The first kappa shape index (κ1) is 13.2. The molecule has 0 saturated heterocycles. The van der Waals surface area contributed by atoms with Crippen LogP contribution in [-0.2, 0) is 6.54 Å². The average molecular weight is 223 g/mol. The molecule has 0 saturated carbocycles. The number of aliphatic hydroxyl groups excluding tert-OH is 2. The van der Waals surface area contributed by atoms with E-state index in [4.69, 9.17) is 5.11 Å². The van der Waals surface area contributed by atoms with Crippen LogP contribution in [-0.4, -0.2) is 40.9 Å². The van der Waals surface area contributed by atoms with Gasteiger partial charge in [-0.3, -0.25) is 4.90 Å². The zero-order valence-electron chi connectivity index (χ0n) is 9.84. The molecule has 0 heterocycles. The summed E-state index contributed by atoms with van der Waals surface area (Å²) in [6.07, 6.45) is 0.892. The monoisotopic (exact) mass is 223 g/mol. The number of hydrogen-bond donors (Lipinski definition) is 2. The Hall–Kier alpha value is -0.900. The quantitative estimate of drug-likeness (QED) is 0.731. The normalized spacial score (nSPS) is 13.0. The molecule has 0 fully saturated rings. The van der Waals surface area contributed by atoms with Gasteiger partial charge in [-0.15, -0.1) is 0 Å². The molecule has 90 valence electrons. The van der Waals surface area contributed by atoms with E-state index in [1.165, 1.54) is 5.56 Å². The van der Waals surface area contributed by atoms with E-state index in [0.29, 0.717) is 6.54 Å². The maximum atomic E-state index is 9.28. The van der Waals surface area contributed by atoms with Crippen LogP contribution in [0.5, 0.6) is 0 Å². The second-order valence-corrected chi connectivity index (χ2v) is 3.92. The maximum absolute atomic E-state index is 9.28. The second-order valence-electron chi connectivity index (χ2n) is 3.92. The molecule has 16 heavy (non-hydrogen) atoms. The van der Waals surface area contributed by atoms with E-state index < -0.39 is 0 Å². The van der Waals surface area contributed by atoms with Gasteiger partial charge >= 0.3 is 0 Å². The molecule has 0 amide bonds. The van der Waals surface area contributed by atoms with Crippen LogP contribution in [0.1, 0.15) is 18.9 Å². The smallest absolute Gasteiger partial charge is 0.0586 e. The van der Waals surface area contributed by atoms with Crippen molar-refractivity contribution >= 4 is 0 Å². The molecular formula is C13H21NO2. The maximum Gasteiger partial charge on any atom is 0.0586 e. The van der Waals surface area contributed by atoms with Gasteiger partial charge in [0.15, 0.2) is 0 Å². The van der Waals surface area contributed by atoms with Crippen molar-refractivity contribution < 1.29 is 10.2 Å². The van der Waals surface area contributed by atoms with Gasteiger partial charge in [-0.1, -0.05) is 37.3 Å². The van der Waals surface area contributed by atoms with Gasteiger partial charge in [0.2, 0.25) is 0 Å². The van der Waals surface area contributed by atoms with Crippen molar-refractivity contribution in [3.05, 3.63) is 35.9 Å². The first-order valence-corrected chi connectivity index (χ1v) is 5.81. The van der Waals surface area contributed by atoms with Gasteiger partial charge in [0.1, 0.15) is 0 Å². The van der Waals surface area contributed by atoms with Crippen molar-refractivity contribution in [1.29, 1.82) is 0 Å². The highest BCUT2D eigenvalue weighted by Gasteiger charge is 2.15. The predicted octanol–water partition coefficient (Wildman–Crippen LogP) is 1.25. The number of aliphatic hydroxyl groups is 2. The highest BCUT2D eigenvalue weighted by atomic mass is 16.3. The van der Waals surface area contributed by atoms with Gasteiger partial charge in [-0.2, -0.15) is 0 Å². The van der Waals surface area contributed by atoms with E-state index in [1.807, 2.05) is 18.2 Å². The SMILES string of the molecule is CC[C@H](CO)N(CCO)Cc1ccccc1. The van der Waals surface area contributed by atoms with Crippen LogP contribution in [0.2, 0.25) is 0 Å². The molecule has 1 atom stereocenters. The summed E-state index contributed by atoms with van der Waals surface area (Å²) in [5.41, 5.74) is 1.21. The molecule has 0 aromatic heterocycles. The number of benzene rings is 1. The summed E-state index contributed by atoms with van der Waals surface area (Å²) < 4.78 is 0. The Morgan fingerprint density at radius 3 is 2.38 bits per heavy atom. The molecular weight excluding hydrogens is 202 g/mol. The highest BCUT2D eigenvalue weighted by Crippen LogP contribution is 2.10. The molecule has 1 rings (SSSR count). The van der Waals surface area contributed by atoms with E-state index in [9.17, 15) is 5.11 Å². The Kier molecular flexibility index (Phi) is 6.08. The van der Waals surface area contributed by atoms with Crippen LogP contribution in [0.25, 0.3) is 0 Å². The molecule has 0 aliphatic heterocycles. The molecule has 1 aromatic carbocycles. The molecule has 0 radical (unpaired) electrons. The summed E-state index contributed by atoms with van der Waals surface area (Å²) in [7, 11) is 0. The van der Waals surface area contributed by atoms with E-state index in [2.05, 4.69) is 24.0 Å². The van der Waals surface area contributed by atoms with Gasteiger partial charge in [0, 0.05) is 19.1 Å². The summed E-state index contributed by atoms with van der Waals surface area (Å²) in [5.74, 6) is 0. The molecule has 1 aromatic rings. The van der Waals surface area contributed by atoms with E-state index in [1.54, 1.807) is 0 Å². The standard InChI is InChI=1S/C13H21NO2/c1-2-13(11-16)14(8-9-15)10-12-6-4-3-5-7-12/h3-7,13,15-16H,2,8-11H2,1H3/t13-/m1/s1. The minimum Gasteiger partial charge on any atom is -0.395 e. The van der Waals surface area contributed by atoms with Crippen molar-refractivity contribution in [2.75, 3.05) is 19.8 Å². The molecule has 3 nitrogen and oxygen atoms in total. The third kappa shape index (κ3) is 3.93. The lowest BCUT2D eigenvalue weighted by Gasteiger charge is -2.29. The van der Waals surface area contributed by atoms with Crippen LogP contribution in [0.15, 0.2) is 30.3 Å². The summed E-state index contributed by atoms with van der Waals surface area (Å²) in [4.78, 5) is 2.12.